The number of nitrogens with one attached hydrogen (secondary N) is 3. The number of hydrogen-bond donors (Lipinski definition) is 4. The van der Waals surface area contributed by atoms with Crippen LogP contribution in [0.4, 0.5) is 18.0 Å². The number of imide groups is 1. The molecule has 2 heterocycles. The van der Waals surface area contributed by atoms with Gasteiger partial charge in [0.05, 0.1) is 18.4 Å². The number of carbonyl (C=O) groups excluding carboxylic acids is 4. The highest BCUT2D eigenvalue weighted by Gasteiger charge is 2.47. The van der Waals surface area contributed by atoms with Crippen molar-refractivity contribution in [3.63, 3.8) is 0 Å². The fourth-order valence-corrected chi connectivity index (χ4v) is 4.33. The Balaban J connectivity index is 0.000000559. The highest BCUT2D eigenvalue weighted by atomic mass is 19.4. The number of carbonyl (C=O) groups is 5. The van der Waals surface area contributed by atoms with Crippen LogP contribution in [-0.2, 0) is 32.1 Å². The third-order valence-electron chi connectivity index (χ3n) is 6.65. The molecule has 1 unspecified atom stereocenters. The highest BCUT2D eigenvalue weighted by Crippen LogP contribution is 2.31. The molecule has 2 aromatic rings. The summed E-state index contributed by atoms with van der Waals surface area (Å²) in [6, 6.07) is 6.36. The number of carboxylic acids is 1. The van der Waals surface area contributed by atoms with E-state index in [0.29, 0.717) is 19.4 Å². The van der Waals surface area contributed by atoms with Crippen molar-refractivity contribution in [1.82, 2.24) is 30.4 Å². The molecule has 1 aliphatic heterocycles. The van der Waals surface area contributed by atoms with Gasteiger partial charge in [-0.1, -0.05) is 31.2 Å². The minimum atomic E-state index is -5.08. The summed E-state index contributed by atoms with van der Waals surface area (Å²) in [5.41, 5.74) is 0.996. The van der Waals surface area contributed by atoms with Gasteiger partial charge in [0.2, 0.25) is 11.8 Å². The standard InChI is InChI=1S/C23H28N6O4.C2HF3O2/c1-3-23(2)21(32)29(22(33)27-23)13-19(31)25-17-12-15-6-4-5-7-16(15)20(17)26-18(30)8-10-28-11-9-24-14-28;3-2(4,5)1(6)7/h4-7,9,11,14,17,20H,3,8,10,12-13H2,1-2H3,(H,25,31)(H,26,30)(H,27,33);(H,6,7)/t17-,20-,23?;/m1./s1. The first-order chi connectivity index (χ1) is 18.7. The van der Waals surface area contributed by atoms with Crippen molar-refractivity contribution >= 4 is 29.7 Å². The minimum Gasteiger partial charge on any atom is -0.475 e. The molecule has 3 atom stereocenters. The van der Waals surface area contributed by atoms with Crippen LogP contribution in [0, 0.1) is 0 Å². The van der Waals surface area contributed by atoms with E-state index in [1.165, 1.54) is 0 Å². The third kappa shape index (κ3) is 7.15. The molecule has 0 spiro atoms. The number of halogens is 3. The predicted octanol–water partition coefficient (Wildman–Crippen LogP) is 1.53. The molecule has 40 heavy (non-hydrogen) atoms. The SMILES string of the molecule is CCC1(C)NC(=O)N(CC(=O)N[C@@H]2Cc3ccccc3[C@H]2NC(=O)CCn2ccnc2)C1=O.O=C(O)C(F)(F)F. The molecule has 0 bridgehead atoms. The van der Waals surface area contributed by atoms with Gasteiger partial charge in [-0.2, -0.15) is 13.2 Å². The first-order valence-electron chi connectivity index (χ1n) is 12.3. The summed E-state index contributed by atoms with van der Waals surface area (Å²) in [5, 5.41) is 15.7. The summed E-state index contributed by atoms with van der Waals surface area (Å²) in [6.07, 6.45) is 1.27. The molecule has 0 radical (unpaired) electrons. The van der Waals surface area contributed by atoms with Crippen LogP contribution >= 0.6 is 0 Å². The van der Waals surface area contributed by atoms with E-state index in [1.54, 1.807) is 32.6 Å². The van der Waals surface area contributed by atoms with Crippen LogP contribution in [-0.4, -0.2) is 73.6 Å². The Morgan fingerprint density at radius 1 is 1.18 bits per heavy atom. The van der Waals surface area contributed by atoms with Crippen molar-refractivity contribution in [3.05, 3.63) is 54.1 Å². The highest BCUT2D eigenvalue weighted by molar-refractivity contribution is 6.08. The second-order valence-electron chi connectivity index (χ2n) is 9.48. The fraction of sp³-hybridized carbons (Fsp3) is 0.440. The summed E-state index contributed by atoms with van der Waals surface area (Å²) in [7, 11) is 0. The fourth-order valence-electron chi connectivity index (χ4n) is 4.33. The van der Waals surface area contributed by atoms with Crippen LogP contribution in [0.2, 0.25) is 0 Å². The van der Waals surface area contributed by atoms with Crippen molar-refractivity contribution in [3.8, 4) is 0 Å². The molecule has 4 rings (SSSR count). The maximum Gasteiger partial charge on any atom is 0.490 e. The number of alkyl halides is 3. The second kappa shape index (κ2) is 12.2. The van der Waals surface area contributed by atoms with Crippen molar-refractivity contribution in [2.24, 2.45) is 0 Å². The van der Waals surface area contributed by atoms with Gasteiger partial charge in [0.15, 0.2) is 0 Å². The molecule has 1 fully saturated rings. The van der Waals surface area contributed by atoms with Crippen LogP contribution in [0.5, 0.6) is 0 Å². The third-order valence-corrected chi connectivity index (χ3v) is 6.65. The molecule has 0 saturated carbocycles. The topological polar surface area (TPSA) is 163 Å². The monoisotopic (exact) mass is 566 g/mol. The normalized spacial score (nSPS) is 21.7. The first kappa shape index (κ1) is 30.1. The van der Waals surface area contributed by atoms with Crippen molar-refractivity contribution < 1.29 is 42.3 Å². The Hall–Kier alpha value is -4.43. The molecule has 12 nitrogen and oxygen atoms in total. The molecule has 1 aliphatic carbocycles. The number of amides is 5. The number of nitrogens with zero attached hydrogens (tertiary/aromatic N) is 3. The zero-order valence-corrected chi connectivity index (χ0v) is 21.7. The molecule has 1 saturated heterocycles. The van der Waals surface area contributed by atoms with E-state index in [2.05, 4.69) is 20.9 Å². The average molecular weight is 567 g/mol. The lowest BCUT2D eigenvalue weighted by Crippen LogP contribution is -2.49. The van der Waals surface area contributed by atoms with E-state index in [0.717, 1.165) is 16.0 Å². The zero-order valence-electron chi connectivity index (χ0n) is 21.7. The maximum atomic E-state index is 12.8. The lowest BCUT2D eigenvalue weighted by Gasteiger charge is -2.24. The number of aliphatic carboxylic acids is 1. The van der Waals surface area contributed by atoms with Gasteiger partial charge in [-0.15, -0.1) is 0 Å². The van der Waals surface area contributed by atoms with Crippen LogP contribution < -0.4 is 16.0 Å². The van der Waals surface area contributed by atoms with E-state index < -0.39 is 41.6 Å². The summed E-state index contributed by atoms with van der Waals surface area (Å²) in [6.45, 7) is 3.58. The Bertz CT molecular complexity index is 1270. The van der Waals surface area contributed by atoms with Gasteiger partial charge < -0.3 is 25.6 Å². The number of urea groups is 1. The van der Waals surface area contributed by atoms with Gasteiger partial charge in [-0.3, -0.25) is 19.3 Å². The largest absolute Gasteiger partial charge is 0.490 e. The van der Waals surface area contributed by atoms with Crippen molar-refractivity contribution in [2.75, 3.05) is 6.54 Å². The van der Waals surface area contributed by atoms with Gasteiger partial charge in [0, 0.05) is 25.4 Å². The molecule has 4 N–H and O–H groups in total. The number of fused-ring (bicyclic) bond motifs is 1. The number of aryl methyl sites for hydroxylation is 1. The molecule has 5 amide bonds. The minimum absolute atomic E-state index is 0.141. The van der Waals surface area contributed by atoms with Crippen LogP contribution in [0.25, 0.3) is 0 Å². The molecule has 1 aromatic heterocycles. The van der Waals surface area contributed by atoms with Crippen LogP contribution in [0.3, 0.4) is 0 Å². The lowest BCUT2D eigenvalue weighted by molar-refractivity contribution is -0.192. The van der Waals surface area contributed by atoms with Crippen molar-refractivity contribution in [1.29, 1.82) is 0 Å². The molecule has 1 aromatic carbocycles. The zero-order chi connectivity index (χ0) is 29.7. The molecule has 15 heteroatoms. The Labute approximate surface area is 226 Å². The van der Waals surface area contributed by atoms with E-state index in [4.69, 9.17) is 9.90 Å². The molecule has 2 aliphatic rings. The number of hydrogen-bond acceptors (Lipinski definition) is 6. The summed E-state index contributed by atoms with van der Waals surface area (Å²) in [5.74, 6) is -3.76. The molecule has 216 valence electrons. The van der Waals surface area contributed by atoms with Crippen LogP contribution in [0.15, 0.2) is 43.0 Å². The smallest absolute Gasteiger partial charge is 0.475 e. The van der Waals surface area contributed by atoms with E-state index >= 15 is 0 Å². The number of imidazole rings is 1. The van der Waals surface area contributed by atoms with Gasteiger partial charge in [-0.05, 0) is 30.9 Å². The number of aromatic nitrogens is 2. The predicted molar refractivity (Wildman–Crippen MR) is 132 cm³/mol. The van der Waals surface area contributed by atoms with Gasteiger partial charge >= 0.3 is 18.2 Å². The molecular formula is C25H29F3N6O6. The first-order valence-corrected chi connectivity index (χ1v) is 12.3. The van der Waals surface area contributed by atoms with Crippen molar-refractivity contribution in [2.45, 2.75) is 63.5 Å². The quantitative estimate of drug-likeness (QED) is 0.352. The molecular weight excluding hydrogens is 537 g/mol. The Kier molecular flexibility index (Phi) is 9.17. The Morgan fingerprint density at radius 3 is 2.42 bits per heavy atom. The van der Waals surface area contributed by atoms with E-state index in [9.17, 15) is 32.3 Å². The van der Waals surface area contributed by atoms with Gasteiger partial charge in [-0.25, -0.2) is 14.6 Å². The number of benzene rings is 1. The van der Waals surface area contributed by atoms with E-state index in [-0.39, 0.29) is 24.9 Å². The number of carboxylic acid groups (broad SMARTS) is 1. The second-order valence-corrected chi connectivity index (χ2v) is 9.48. The van der Waals surface area contributed by atoms with Crippen LogP contribution in [0.1, 0.15) is 43.9 Å². The number of rotatable bonds is 8. The lowest BCUT2D eigenvalue weighted by atomic mass is 9.99. The van der Waals surface area contributed by atoms with Gasteiger partial charge in [0.25, 0.3) is 5.91 Å². The van der Waals surface area contributed by atoms with Gasteiger partial charge in [0.1, 0.15) is 12.1 Å². The maximum absolute atomic E-state index is 12.8. The van der Waals surface area contributed by atoms with E-state index in [1.807, 2.05) is 28.8 Å². The summed E-state index contributed by atoms with van der Waals surface area (Å²) < 4.78 is 33.6. The average Bonchev–Trinajstić information content (AvgIpc) is 3.58. The Morgan fingerprint density at radius 2 is 1.85 bits per heavy atom. The summed E-state index contributed by atoms with van der Waals surface area (Å²) >= 11 is 0. The summed E-state index contributed by atoms with van der Waals surface area (Å²) in [4.78, 5) is 64.1.